The highest BCUT2D eigenvalue weighted by atomic mass is 32.2. The molecular formula is C23H22N4O6S. The molecule has 34 heavy (non-hydrogen) atoms. The third kappa shape index (κ3) is 4.79. The maximum absolute atomic E-state index is 13.2. The molecule has 11 heteroatoms. The van der Waals surface area contributed by atoms with Crippen molar-refractivity contribution in [2.45, 2.75) is 25.7 Å². The molecule has 0 bridgehead atoms. The Hall–Kier alpha value is -4.12. The van der Waals surface area contributed by atoms with Crippen LogP contribution in [0.1, 0.15) is 23.6 Å². The van der Waals surface area contributed by atoms with Crippen LogP contribution in [0.25, 0.3) is 0 Å². The number of hydrogen-bond acceptors (Lipinski definition) is 8. The van der Waals surface area contributed by atoms with E-state index in [4.69, 9.17) is 9.47 Å². The molecular weight excluding hydrogens is 460 g/mol. The third-order valence-corrected chi connectivity index (χ3v) is 6.63. The first-order valence-corrected chi connectivity index (χ1v) is 11.7. The van der Waals surface area contributed by atoms with Gasteiger partial charge in [0.05, 0.1) is 22.0 Å². The largest absolute Gasteiger partial charge is 0.454 e. The van der Waals surface area contributed by atoms with Crippen molar-refractivity contribution >= 4 is 32.8 Å². The van der Waals surface area contributed by atoms with Gasteiger partial charge in [0.1, 0.15) is 4.90 Å². The average molecular weight is 483 g/mol. The van der Waals surface area contributed by atoms with E-state index in [1.165, 1.54) is 12.1 Å². The summed E-state index contributed by atoms with van der Waals surface area (Å²) in [5.74, 6) is 1.22. The highest BCUT2D eigenvalue weighted by Gasteiger charge is 2.23. The summed E-state index contributed by atoms with van der Waals surface area (Å²) in [7, 11) is -4.18. The Morgan fingerprint density at radius 2 is 1.74 bits per heavy atom. The van der Waals surface area contributed by atoms with Gasteiger partial charge < -0.3 is 9.47 Å². The van der Waals surface area contributed by atoms with Crippen molar-refractivity contribution in [1.29, 1.82) is 0 Å². The van der Waals surface area contributed by atoms with Gasteiger partial charge >= 0.3 is 0 Å². The molecule has 3 aromatic carbocycles. The lowest BCUT2D eigenvalue weighted by atomic mass is 10.1. The van der Waals surface area contributed by atoms with Gasteiger partial charge in [0, 0.05) is 17.7 Å². The molecule has 0 saturated heterocycles. The zero-order valence-electron chi connectivity index (χ0n) is 18.7. The van der Waals surface area contributed by atoms with E-state index in [2.05, 4.69) is 15.2 Å². The number of aryl methyl sites for hydroxylation is 2. The number of sulfonamides is 1. The van der Waals surface area contributed by atoms with Crippen molar-refractivity contribution in [2.24, 2.45) is 5.10 Å². The Bertz CT molecular complexity index is 1420. The second-order valence-corrected chi connectivity index (χ2v) is 9.39. The molecule has 0 unspecified atom stereocenters. The summed E-state index contributed by atoms with van der Waals surface area (Å²) in [4.78, 5) is 10.4. The van der Waals surface area contributed by atoms with Crippen LogP contribution in [-0.4, -0.2) is 25.8 Å². The van der Waals surface area contributed by atoms with E-state index in [9.17, 15) is 18.5 Å². The van der Waals surface area contributed by atoms with E-state index in [1.54, 1.807) is 44.2 Å². The molecule has 0 aromatic heterocycles. The zero-order valence-corrected chi connectivity index (χ0v) is 19.5. The molecule has 0 atom stereocenters. The van der Waals surface area contributed by atoms with Crippen LogP contribution < -0.4 is 19.6 Å². The Labute approximate surface area is 196 Å². The summed E-state index contributed by atoms with van der Waals surface area (Å²) in [5.41, 5.74) is 5.82. The summed E-state index contributed by atoms with van der Waals surface area (Å²) in [6.07, 6.45) is 0. The molecule has 3 aromatic rings. The Morgan fingerprint density at radius 3 is 2.47 bits per heavy atom. The van der Waals surface area contributed by atoms with Crippen LogP contribution in [0.5, 0.6) is 11.5 Å². The number of fused-ring (bicyclic) bond motifs is 1. The number of nitro benzene ring substituents is 1. The topological polar surface area (TPSA) is 132 Å². The van der Waals surface area contributed by atoms with Crippen LogP contribution in [-0.2, 0) is 10.0 Å². The van der Waals surface area contributed by atoms with Gasteiger partial charge in [-0.15, -0.1) is 0 Å². The number of hydrazone groups is 1. The predicted molar refractivity (Wildman–Crippen MR) is 128 cm³/mol. The van der Waals surface area contributed by atoms with E-state index in [1.807, 2.05) is 13.0 Å². The molecule has 0 fully saturated rings. The van der Waals surface area contributed by atoms with Crippen LogP contribution in [0.3, 0.4) is 0 Å². The molecule has 2 N–H and O–H groups in total. The van der Waals surface area contributed by atoms with E-state index >= 15 is 0 Å². The Balaban J connectivity index is 1.67. The number of nitro groups is 1. The average Bonchev–Trinajstić information content (AvgIpc) is 3.27. The Kier molecular flexibility index (Phi) is 6.12. The first-order valence-electron chi connectivity index (χ1n) is 10.2. The van der Waals surface area contributed by atoms with Gasteiger partial charge in [-0.2, -0.15) is 5.10 Å². The fraction of sp³-hybridized carbons (Fsp3) is 0.174. The Morgan fingerprint density at radius 1 is 1.00 bits per heavy atom. The van der Waals surface area contributed by atoms with Gasteiger partial charge in [-0.25, -0.2) is 8.42 Å². The highest BCUT2D eigenvalue weighted by Crippen LogP contribution is 2.33. The van der Waals surface area contributed by atoms with Gasteiger partial charge in [0.15, 0.2) is 11.5 Å². The third-order valence-electron chi connectivity index (χ3n) is 5.23. The van der Waals surface area contributed by atoms with E-state index in [0.717, 1.165) is 22.8 Å². The van der Waals surface area contributed by atoms with Gasteiger partial charge in [-0.1, -0.05) is 17.7 Å². The number of nitrogens with zero attached hydrogens (tertiary/aromatic N) is 2. The minimum atomic E-state index is -4.18. The molecule has 10 nitrogen and oxygen atoms in total. The number of hydrogen-bond donors (Lipinski definition) is 2. The van der Waals surface area contributed by atoms with Crippen LogP contribution >= 0.6 is 0 Å². The number of ether oxygens (including phenoxy) is 2. The maximum atomic E-state index is 13.2. The van der Waals surface area contributed by atoms with E-state index < -0.39 is 14.9 Å². The maximum Gasteiger partial charge on any atom is 0.270 e. The number of nitrogens with one attached hydrogen (secondary N) is 2. The SMILES string of the molecule is CC(=NNc1ccc([N+](=O)[O-])cc1S(=O)(=O)Nc1ccc(C)cc1C)c1ccc2c(c1)OCO2. The standard InChI is InChI=1S/C23H22N4O6S/c1-14-4-7-19(15(2)10-14)26-34(30,31)23-12-18(27(28)29)6-8-20(23)25-24-16(3)17-5-9-21-22(11-17)33-13-32-21/h4-12,25-26H,13H2,1-3H3. The quantitative estimate of drug-likeness (QED) is 0.286. The normalized spacial score (nSPS) is 13.0. The highest BCUT2D eigenvalue weighted by molar-refractivity contribution is 7.92. The molecule has 1 aliphatic rings. The van der Waals surface area contributed by atoms with Gasteiger partial charge in [-0.3, -0.25) is 20.3 Å². The molecule has 176 valence electrons. The van der Waals surface area contributed by atoms with Crippen LogP contribution in [0.15, 0.2) is 64.6 Å². The first-order chi connectivity index (χ1) is 16.1. The predicted octanol–water partition coefficient (Wildman–Crippen LogP) is 4.58. The number of benzene rings is 3. The molecule has 0 spiro atoms. The van der Waals surface area contributed by atoms with Crippen molar-refractivity contribution in [3.8, 4) is 11.5 Å². The van der Waals surface area contributed by atoms with Crippen molar-refractivity contribution in [2.75, 3.05) is 16.9 Å². The molecule has 4 rings (SSSR count). The summed E-state index contributed by atoms with van der Waals surface area (Å²) in [6, 6.07) is 14.1. The fourth-order valence-electron chi connectivity index (χ4n) is 3.40. The smallest absolute Gasteiger partial charge is 0.270 e. The van der Waals surface area contributed by atoms with Gasteiger partial charge in [-0.05, 0) is 56.7 Å². The fourth-order valence-corrected chi connectivity index (χ4v) is 4.70. The van der Waals surface area contributed by atoms with Crippen LogP contribution in [0, 0.1) is 24.0 Å². The second kappa shape index (κ2) is 9.02. The number of non-ortho nitro benzene ring substituents is 1. The van der Waals surface area contributed by atoms with Crippen molar-refractivity contribution in [3.05, 3.63) is 81.4 Å². The van der Waals surface area contributed by atoms with Gasteiger partial charge in [0.2, 0.25) is 6.79 Å². The molecule has 0 aliphatic carbocycles. The first kappa shape index (κ1) is 23.1. The van der Waals surface area contributed by atoms with E-state index in [-0.39, 0.29) is 23.1 Å². The number of anilines is 2. The minimum absolute atomic E-state index is 0.0861. The summed E-state index contributed by atoms with van der Waals surface area (Å²) in [6.45, 7) is 5.55. The van der Waals surface area contributed by atoms with Crippen LogP contribution in [0.4, 0.5) is 17.1 Å². The van der Waals surface area contributed by atoms with Gasteiger partial charge in [0.25, 0.3) is 15.7 Å². The molecule has 1 aliphatic heterocycles. The summed E-state index contributed by atoms with van der Waals surface area (Å²) < 4.78 is 39.6. The molecule has 0 amide bonds. The molecule has 1 heterocycles. The number of rotatable bonds is 7. The summed E-state index contributed by atoms with van der Waals surface area (Å²) in [5, 5.41) is 15.6. The lowest BCUT2D eigenvalue weighted by Crippen LogP contribution is -2.16. The van der Waals surface area contributed by atoms with Crippen molar-refractivity contribution in [3.63, 3.8) is 0 Å². The van der Waals surface area contributed by atoms with Crippen molar-refractivity contribution in [1.82, 2.24) is 0 Å². The minimum Gasteiger partial charge on any atom is -0.454 e. The monoisotopic (exact) mass is 482 g/mol. The van der Waals surface area contributed by atoms with Crippen molar-refractivity contribution < 1.29 is 22.8 Å². The second-order valence-electron chi connectivity index (χ2n) is 7.74. The molecule has 0 radical (unpaired) electrons. The summed E-state index contributed by atoms with van der Waals surface area (Å²) >= 11 is 0. The lowest BCUT2D eigenvalue weighted by Gasteiger charge is -2.14. The molecule has 0 saturated carbocycles. The lowest BCUT2D eigenvalue weighted by molar-refractivity contribution is -0.385. The van der Waals surface area contributed by atoms with E-state index in [0.29, 0.717) is 22.9 Å². The zero-order chi connectivity index (χ0) is 24.5. The van der Waals surface area contributed by atoms with Crippen LogP contribution in [0.2, 0.25) is 0 Å².